The maximum absolute atomic E-state index is 13.3. The summed E-state index contributed by atoms with van der Waals surface area (Å²) in [7, 11) is 0. The van der Waals surface area contributed by atoms with E-state index in [2.05, 4.69) is 11.9 Å². The van der Waals surface area contributed by atoms with E-state index in [1.54, 1.807) is 0 Å². The quantitative estimate of drug-likeness (QED) is 0.366. The largest absolute Gasteiger partial charge is 0.490 e. The molecule has 1 aromatic heterocycles. The molecule has 0 spiro atoms. The third kappa shape index (κ3) is 6.37. The first kappa shape index (κ1) is 25.7. The molecule has 3 N–H and O–H groups in total. The number of rotatable bonds is 11. The fourth-order valence-corrected chi connectivity index (χ4v) is 4.51. The van der Waals surface area contributed by atoms with Crippen LogP contribution in [0.1, 0.15) is 52.4 Å². The van der Waals surface area contributed by atoms with E-state index in [1.165, 1.54) is 21.2 Å². The second-order valence-corrected chi connectivity index (χ2v) is 9.25. The molecule has 0 saturated heterocycles. The number of carbonyl (C=O) groups excluding carboxylic acids is 1. The summed E-state index contributed by atoms with van der Waals surface area (Å²) >= 11 is 1.35. The van der Waals surface area contributed by atoms with Crippen molar-refractivity contribution in [2.45, 2.75) is 63.8 Å². The first-order chi connectivity index (χ1) is 16.5. The fourth-order valence-electron chi connectivity index (χ4n) is 3.71. The summed E-state index contributed by atoms with van der Waals surface area (Å²) in [6.45, 7) is 6.01. The number of benzene rings is 1. The van der Waals surface area contributed by atoms with Crippen LogP contribution < -0.4 is 31.4 Å². The number of hydrogen-bond acceptors (Lipinski definition) is 7. The zero-order valence-electron chi connectivity index (χ0n) is 19.9. The van der Waals surface area contributed by atoms with E-state index >= 15 is 0 Å². The minimum Gasteiger partial charge on any atom is -0.490 e. The summed E-state index contributed by atoms with van der Waals surface area (Å²) in [4.78, 5) is 43.0. The first-order valence-electron chi connectivity index (χ1n) is 11.9. The van der Waals surface area contributed by atoms with Crippen molar-refractivity contribution in [1.29, 1.82) is 0 Å². The predicted octanol–water partition coefficient (Wildman–Crippen LogP) is 3.40. The lowest BCUT2D eigenvalue weighted by molar-refractivity contribution is -0.116. The topological polar surface area (TPSA) is 120 Å². The molecule has 1 amide bonds. The second kappa shape index (κ2) is 12.5. The molecular formula is C24H34N4O5S. The van der Waals surface area contributed by atoms with Gasteiger partial charge in [0.1, 0.15) is 5.82 Å². The Hall–Kier alpha value is -2.88. The van der Waals surface area contributed by atoms with Crippen LogP contribution in [0.4, 0.5) is 11.5 Å². The van der Waals surface area contributed by atoms with Gasteiger partial charge in [0, 0.05) is 24.4 Å². The maximum atomic E-state index is 13.3. The van der Waals surface area contributed by atoms with Gasteiger partial charge in [-0.05, 0) is 31.0 Å². The van der Waals surface area contributed by atoms with Gasteiger partial charge in [-0.1, -0.05) is 33.1 Å². The fraction of sp³-hybridized carbons (Fsp3) is 0.542. The van der Waals surface area contributed by atoms with Gasteiger partial charge in [0.05, 0.1) is 19.0 Å². The molecule has 0 aliphatic carbocycles. The van der Waals surface area contributed by atoms with Gasteiger partial charge in [-0.3, -0.25) is 19.1 Å². The lowest BCUT2D eigenvalue weighted by atomic mass is 10.2. The number of nitrogens with two attached hydrogens (primary N) is 1. The number of anilines is 2. The molecule has 1 aromatic carbocycles. The summed E-state index contributed by atoms with van der Waals surface area (Å²) in [6, 6.07) is 5.60. The Morgan fingerprint density at radius 2 is 1.85 bits per heavy atom. The minimum atomic E-state index is -0.638. The van der Waals surface area contributed by atoms with E-state index in [9.17, 15) is 14.4 Å². The van der Waals surface area contributed by atoms with Gasteiger partial charge in [0.25, 0.3) is 5.56 Å². The first-order valence-corrected chi connectivity index (χ1v) is 12.9. The number of fused-ring (bicyclic) bond motifs is 1. The van der Waals surface area contributed by atoms with Crippen molar-refractivity contribution in [1.82, 2.24) is 9.55 Å². The van der Waals surface area contributed by atoms with Crippen LogP contribution in [-0.2, 0) is 11.3 Å². The van der Waals surface area contributed by atoms with Crippen LogP contribution in [-0.4, -0.2) is 41.0 Å². The average molecular weight is 491 g/mol. The van der Waals surface area contributed by atoms with Gasteiger partial charge in [0.15, 0.2) is 17.2 Å². The van der Waals surface area contributed by atoms with Crippen molar-refractivity contribution in [3.05, 3.63) is 39.0 Å². The van der Waals surface area contributed by atoms with E-state index in [4.69, 9.17) is 15.2 Å². The monoisotopic (exact) mass is 490 g/mol. The number of nitrogen functional groups attached to an aromatic ring is 1. The number of aromatic nitrogens is 2. The highest BCUT2D eigenvalue weighted by Crippen LogP contribution is 2.34. The van der Waals surface area contributed by atoms with Crippen LogP contribution in [0.2, 0.25) is 0 Å². The number of H-pyrrole nitrogens is 1. The lowest BCUT2D eigenvalue weighted by Gasteiger charge is -2.24. The van der Waals surface area contributed by atoms with E-state index in [0.717, 1.165) is 43.4 Å². The van der Waals surface area contributed by atoms with Gasteiger partial charge >= 0.3 is 5.69 Å². The molecule has 0 radical (unpaired) electrons. The highest BCUT2D eigenvalue weighted by molar-refractivity contribution is 8.00. The molecule has 0 fully saturated rings. The highest BCUT2D eigenvalue weighted by atomic mass is 32.2. The van der Waals surface area contributed by atoms with E-state index in [-0.39, 0.29) is 23.2 Å². The molecule has 2 heterocycles. The molecule has 0 bridgehead atoms. The van der Waals surface area contributed by atoms with E-state index < -0.39 is 11.2 Å². The number of nitrogens with zero attached hydrogens (tertiary/aromatic N) is 2. The summed E-state index contributed by atoms with van der Waals surface area (Å²) < 4.78 is 12.7. The molecule has 3 rings (SSSR count). The number of hydrogen-bond donors (Lipinski definition) is 2. The SMILES string of the molecule is CCCCCN(C(=O)CSc1ccc2c(c1)OCCCO2)c1c(N)n(CCCC)c(=O)[nH]c1=O. The molecule has 0 saturated carbocycles. The number of carbonyl (C=O) groups is 1. The lowest BCUT2D eigenvalue weighted by Crippen LogP contribution is -2.42. The third-order valence-corrected chi connectivity index (χ3v) is 6.57. The Kier molecular flexibility index (Phi) is 9.50. The van der Waals surface area contributed by atoms with Crippen LogP contribution in [0.5, 0.6) is 11.5 Å². The normalized spacial score (nSPS) is 12.9. The molecule has 9 nitrogen and oxygen atoms in total. The molecular weight excluding hydrogens is 456 g/mol. The van der Waals surface area contributed by atoms with Gasteiger partial charge in [-0.25, -0.2) is 4.79 Å². The summed E-state index contributed by atoms with van der Waals surface area (Å²) in [5.41, 5.74) is 5.14. The number of amides is 1. The van der Waals surface area contributed by atoms with Crippen molar-refractivity contribution < 1.29 is 14.3 Å². The smallest absolute Gasteiger partial charge is 0.330 e. The van der Waals surface area contributed by atoms with Crippen molar-refractivity contribution in [2.24, 2.45) is 0 Å². The predicted molar refractivity (Wildman–Crippen MR) is 135 cm³/mol. The van der Waals surface area contributed by atoms with Crippen LogP contribution in [0.15, 0.2) is 32.7 Å². The number of nitrogens with one attached hydrogen (secondary N) is 1. The van der Waals surface area contributed by atoms with Crippen molar-refractivity contribution in [2.75, 3.05) is 36.1 Å². The second-order valence-electron chi connectivity index (χ2n) is 8.20. The Labute approximate surface area is 203 Å². The molecule has 1 aliphatic rings. The molecule has 186 valence electrons. The Balaban J connectivity index is 1.83. The van der Waals surface area contributed by atoms with Crippen molar-refractivity contribution in [3.8, 4) is 11.5 Å². The summed E-state index contributed by atoms with van der Waals surface area (Å²) in [6.07, 6.45) is 5.02. The van der Waals surface area contributed by atoms with Crippen LogP contribution in [0, 0.1) is 0 Å². The number of aromatic amines is 1. The molecule has 10 heteroatoms. The Bertz CT molecular complexity index is 1100. The van der Waals surface area contributed by atoms with Gasteiger partial charge in [0.2, 0.25) is 5.91 Å². The van der Waals surface area contributed by atoms with Gasteiger partial charge < -0.3 is 20.1 Å². The maximum Gasteiger partial charge on any atom is 0.330 e. The summed E-state index contributed by atoms with van der Waals surface area (Å²) in [5, 5.41) is 0. The third-order valence-electron chi connectivity index (χ3n) is 5.59. The Morgan fingerprint density at radius 3 is 2.59 bits per heavy atom. The zero-order chi connectivity index (χ0) is 24.5. The van der Waals surface area contributed by atoms with Crippen LogP contribution >= 0.6 is 11.8 Å². The van der Waals surface area contributed by atoms with Gasteiger partial charge in [-0.15, -0.1) is 11.8 Å². The van der Waals surface area contributed by atoms with Crippen LogP contribution in [0.25, 0.3) is 0 Å². The summed E-state index contributed by atoms with van der Waals surface area (Å²) in [5.74, 6) is 1.26. The number of ether oxygens (including phenoxy) is 2. The van der Waals surface area contributed by atoms with E-state index in [0.29, 0.717) is 37.8 Å². The standard InChI is InChI=1S/C24H34N4O5S/c1-3-5-7-12-27(21-22(25)28(11-6-4-2)24(31)26-23(21)30)20(29)16-34-17-9-10-18-19(15-17)33-14-8-13-32-18/h9-10,15H,3-8,11-14,16,25H2,1-2H3,(H,26,30,31). The van der Waals surface area contributed by atoms with Crippen molar-refractivity contribution in [3.63, 3.8) is 0 Å². The molecule has 34 heavy (non-hydrogen) atoms. The molecule has 1 aliphatic heterocycles. The van der Waals surface area contributed by atoms with Crippen molar-refractivity contribution >= 4 is 29.2 Å². The number of unbranched alkanes of at least 4 members (excludes halogenated alkanes) is 3. The number of thioether (sulfide) groups is 1. The van der Waals surface area contributed by atoms with Crippen LogP contribution in [0.3, 0.4) is 0 Å². The van der Waals surface area contributed by atoms with E-state index in [1.807, 2.05) is 25.1 Å². The average Bonchev–Trinajstić information content (AvgIpc) is 3.06. The Morgan fingerprint density at radius 1 is 1.12 bits per heavy atom. The molecule has 0 atom stereocenters. The highest BCUT2D eigenvalue weighted by Gasteiger charge is 2.24. The zero-order valence-corrected chi connectivity index (χ0v) is 20.7. The molecule has 2 aromatic rings. The van der Waals surface area contributed by atoms with Gasteiger partial charge in [-0.2, -0.15) is 0 Å². The molecule has 0 unspecified atom stereocenters. The minimum absolute atomic E-state index is 0.0348.